The van der Waals surface area contributed by atoms with Crippen LogP contribution in [0.25, 0.3) is 0 Å². The van der Waals surface area contributed by atoms with E-state index >= 15 is 0 Å². The Balaban J connectivity index is 1.67. The van der Waals surface area contributed by atoms with Gasteiger partial charge in [-0.2, -0.15) is 5.10 Å². The van der Waals surface area contributed by atoms with Gasteiger partial charge in [0.1, 0.15) is 24.5 Å². The number of hydrogen-bond acceptors (Lipinski definition) is 4. The van der Waals surface area contributed by atoms with E-state index in [1.54, 1.807) is 35.5 Å². The Bertz CT molecular complexity index is 730. The molecule has 1 aromatic carbocycles. The molecule has 0 aliphatic carbocycles. The molecule has 3 rings (SSSR count). The van der Waals surface area contributed by atoms with Gasteiger partial charge in [-0.15, -0.1) is 0 Å². The summed E-state index contributed by atoms with van der Waals surface area (Å²) in [6.45, 7) is 1.02. The molecule has 0 bridgehead atoms. The van der Waals surface area contributed by atoms with Crippen molar-refractivity contribution in [1.82, 2.24) is 14.8 Å². The molecule has 5 nitrogen and oxygen atoms in total. The van der Waals surface area contributed by atoms with E-state index in [9.17, 15) is 0 Å². The zero-order valence-electron chi connectivity index (χ0n) is 12.2. The largest absolute Gasteiger partial charge is 0.467 e. The van der Waals surface area contributed by atoms with Crippen LogP contribution in [0.1, 0.15) is 23.8 Å². The van der Waals surface area contributed by atoms with Crippen molar-refractivity contribution in [2.24, 2.45) is 0 Å². The molecule has 1 atom stereocenters. The van der Waals surface area contributed by atoms with Crippen molar-refractivity contribution < 1.29 is 9.15 Å². The number of aromatic nitrogens is 3. The highest BCUT2D eigenvalue weighted by molar-refractivity contribution is 6.33. The van der Waals surface area contributed by atoms with Crippen LogP contribution >= 0.6 is 23.2 Å². The second kappa shape index (κ2) is 7.64. The first-order valence-electron chi connectivity index (χ1n) is 7.14. The normalized spacial score (nSPS) is 12.4. The lowest BCUT2D eigenvalue weighted by atomic mass is 10.2. The topological polar surface area (TPSA) is 53.1 Å². The lowest BCUT2D eigenvalue weighted by Crippen LogP contribution is -2.09. The first-order valence-corrected chi connectivity index (χ1v) is 7.89. The van der Waals surface area contributed by atoms with Gasteiger partial charge in [-0.3, -0.25) is 4.68 Å². The van der Waals surface area contributed by atoms with Gasteiger partial charge in [-0.05, 0) is 35.9 Å². The van der Waals surface area contributed by atoms with Gasteiger partial charge in [0.05, 0.1) is 12.9 Å². The van der Waals surface area contributed by atoms with Crippen LogP contribution in [0.5, 0.6) is 0 Å². The molecule has 0 amide bonds. The van der Waals surface area contributed by atoms with Crippen LogP contribution in [0, 0.1) is 0 Å². The van der Waals surface area contributed by atoms with Gasteiger partial charge in [-0.25, -0.2) is 4.98 Å². The summed E-state index contributed by atoms with van der Waals surface area (Å²) in [5.41, 5.74) is 0.844. The van der Waals surface area contributed by atoms with Crippen LogP contribution < -0.4 is 0 Å². The summed E-state index contributed by atoms with van der Waals surface area (Å²) in [6.07, 6.45) is 5.31. The minimum atomic E-state index is -0.204. The molecular formula is C16H15Cl2N3O2. The van der Waals surface area contributed by atoms with Crippen LogP contribution in [-0.2, 0) is 17.9 Å². The molecular weight excluding hydrogens is 337 g/mol. The Hall–Kier alpha value is -1.82. The smallest absolute Gasteiger partial charge is 0.137 e. The maximum Gasteiger partial charge on any atom is 0.137 e. The second-order valence-corrected chi connectivity index (χ2v) is 5.84. The maximum absolute atomic E-state index is 6.18. The predicted octanol–water partition coefficient (Wildman–Crippen LogP) is 4.53. The number of nitrogens with zero attached hydrogens (tertiary/aromatic N) is 3. The van der Waals surface area contributed by atoms with Gasteiger partial charge >= 0.3 is 0 Å². The van der Waals surface area contributed by atoms with Crippen molar-refractivity contribution in [2.45, 2.75) is 25.7 Å². The van der Waals surface area contributed by atoms with Crippen LogP contribution in [-0.4, -0.2) is 14.8 Å². The maximum atomic E-state index is 6.18. The Labute approximate surface area is 143 Å². The summed E-state index contributed by atoms with van der Waals surface area (Å²) in [7, 11) is 0. The molecule has 0 saturated heterocycles. The third-order valence-corrected chi connectivity index (χ3v) is 4.00. The fraction of sp³-hybridized carbons (Fsp3) is 0.250. The molecule has 2 heterocycles. The van der Waals surface area contributed by atoms with E-state index in [4.69, 9.17) is 32.4 Å². The number of hydrogen-bond donors (Lipinski definition) is 0. The van der Waals surface area contributed by atoms with Crippen LogP contribution in [0.3, 0.4) is 0 Å². The molecule has 120 valence electrons. The zero-order valence-corrected chi connectivity index (χ0v) is 13.7. The van der Waals surface area contributed by atoms with Gasteiger partial charge in [0.25, 0.3) is 0 Å². The van der Waals surface area contributed by atoms with Crippen molar-refractivity contribution in [1.29, 1.82) is 0 Å². The molecule has 0 radical (unpaired) electrons. The SMILES string of the molecule is Clc1ccc(Cl)c(COC(CCn2cncn2)c2ccco2)c1. The van der Waals surface area contributed by atoms with Crippen molar-refractivity contribution in [3.8, 4) is 0 Å². The Morgan fingerprint density at radius 2 is 2.17 bits per heavy atom. The molecule has 0 fully saturated rings. The van der Waals surface area contributed by atoms with Crippen molar-refractivity contribution >= 4 is 23.2 Å². The lowest BCUT2D eigenvalue weighted by Gasteiger charge is -2.16. The van der Waals surface area contributed by atoms with Gasteiger partial charge in [0.15, 0.2) is 0 Å². The number of ether oxygens (including phenoxy) is 1. The first-order chi connectivity index (χ1) is 11.2. The van der Waals surface area contributed by atoms with E-state index in [0.717, 1.165) is 11.3 Å². The molecule has 3 aromatic rings. The summed E-state index contributed by atoms with van der Waals surface area (Å²) < 4.78 is 13.2. The van der Waals surface area contributed by atoms with Gasteiger partial charge in [-0.1, -0.05) is 23.2 Å². The molecule has 0 N–H and O–H groups in total. The summed E-state index contributed by atoms with van der Waals surface area (Å²) >= 11 is 12.2. The third-order valence-electron chi connectivity index (χ3n) is 3.40. The number of aryl methyl sites for hydroxylation is 1. The lowest BCUT2D eigenvalue weighted by molar-refractivity contribution is 0.0165. The van der Waals surface area contributed by atoms with E-state index in [2.05, 4.69) is 10.1 Å². The number of benzene rings is 1. The standard InChI is InChI=1S/C16H15Cl2N3O2/c17-13-3-4-14(18)12(8-13)9-23-16(15-2-1-7-22-15)5-6-21-11-19-10-20-21/h1-4,7-8,10-11,16H,5-6,9H2. The Morgan fingerprint density at radius 3 is 2.91 bits per heavy atom. The van der Waals surface area contributed by atoms with E-state index in [1.807, 2.05) is 12.1 Å². The predicted molar refractivity (Wildman–Crippen MR) is 87.3 cm³/mol. The van der Waals surface area contributed by atoms with Crippen molar-refractivity contribution in [2.75, 3.05) is 0 Å². The zero-order chi connectivity index (χ0) is 16.1. The number of rotatable bonds is 7. The third kappa shape index (κ3) is 4.34. The van der Waals surface area contributed by atoms with Crippen LogP contribution in [0.15, 0.2) is 53.7 Å². The van der Waals surface area contributed by atoms with Crippen LogP contribution in [0.2, 0.25) is 10.0 Å². The van der Waals surface area contributed by atoms with Crippen LogP contribution in [0.4, 0.5) is 0 Å². The highest BCUT2D eigenvalue weighted by Gasteiger charge is 2.16. The minimum absolute atomic E-state index is 0.204. The highest BCUT2D eigenvalue weighted by atomic mass is 35.5. The Kier molecular flexibility index (Phi) is 5.33. The van der Waals surface area contributed by atoms with E-state index in [0.29, 0.717) is 29.6 Å². The minimum Gasteiger partial charge on any atom is -0.467 e. The quantitative estimate of drug-likeness (QED) is 0.627. The molecule has 7 heteroatoms. The average Bonchev–Trinajstić information content (AvgIpc) is 3.24. The summed E-state index contributed by atoms with van der Waals surface area (Å²) in [5, 5.41) is 5.35. The van der Waals surface area contributed by atoms with E-state index in [1.165, 1.54) is 6.33 Å². The monoisotopic (exact) mass is 351 g/mol. The fourth-order valence-electron chi connectivity index (χ4n) is 2.22. The average molecular weight is 352 g/mol. The van der Waals surface area contributed by atoms with E-state index < -0.39 is 0 Å². The Morgan fingerprint density at radius 1 is 1.26 bits per heavy atom. The molecule has 0 spiro atoms. The second-order valence-electron chi connectivity index (χ2n) is 5.00. The molecule has 0 aliphatic rings. The summed E-state index contributed by atoms with van der Waals surface area (Å²) in [4.78, 5) is 3.93. The van der Waals surface area contributed by atoms with Crippen molar-refractivity contribution in [3.63, 3.8) is 0 Å². The van der Waals surface area contributed by atoms with Gasteiger partial charge < -0.3 is 9.15 Å². The first kappa shape index (κ1) is 16.1. The molecule has 0 saturated carbocycles. The molecule has 2 aromatic heterocycles. The fourth-order valence-corrected chi connectivity index (χ4v) is 2.59. The number of halogens is 2. The summed E-state index contributed by atoms with van der Waals surface area (Å²) in [5.74, 6) is 0.767. The van der Waals surface area contributed by atoms with Gasteiger partial charge in [0.2, 0.25) is 0 Å². The molecule has 0 aliphatic heterocycles. The highest BCUT2D eigenvalue weighted by Crippen LogP contribution is 2.27. The van der Waals surface area contributed by atoms with Crippen molar-refractivity contribution in [3.05, 3.63) is 70.6 Å². The van der Waals surface area contributed by atoms with E-state index in [-0.39, 0.29) is 6.10 Å². The molecule has 1 unspecified atom stereocenters. The number of furan rings is 1. The summed E-state index contributed by atoms with van der Waals surface area (Å²) in [6, 6.07) is 9.06. The molecule has 23 heavy (non-hydrogen) atoms. The van der Waals surface area contributed by atoms with Gasteiger partial charge in [0, 0.05) is 23.0 Å².